The van der Waals surface area contributed by atoms with Gasteiger partial charge in [-0.25, -0.2) is 9.80 Å². The molecule has 0 aromatic carbocycles. The van der Waals surface area contributed by atoms with Gasteiger partial charge in [-0.2, -0.15) is 10.1 Å². The van der Waals surface area contributed by atoms with E-state index in [2.05, 4.69) is 10.1 Å². The lowest BCUT2D eigenvalue weighted by molar-refractivity contribution is -0.141. The standard InChI is InChI=1S/C18H24N6O4/c1-6-8-9-22-16(26)14-15(21(5)18(22)27)19-17-23(10-13(25)28-7-2)20-11(3)12(4)24(14)17/h6,8,12H,7,9-10H2,1-5H3/b8-6-/t12-/m1/s1. The molecule has 1 aliphatic heterocycles. The lowest BCUT2D eigenvalue weighted by atomic mass is 10.2. The predicted octanol–water partition coefficient (Wildman–Crippen LogP) is 0.793. The first kappa shape index (κ1) is 19.6. The minimum Gasteiger partial charge on any atom is -0.465 e. The number of hydrogen-bond donors (Lipinski definition) is 0. The lowest BCUT2D eigenvalue weighted by Gasteiger charge is -2.28. The number of esters is 1. The van der Waals surface area contributed by atoms with Gasteiger partial charge in [0.05, 0.1) is 18.4 Å². The van der Waals surface area contributed by atoms with E-state index in [-0.39, 0.29) is 31.4 Å². The summed E-state index contributed by atoms with van der Waals surface area (Å²) in [6.45, 7) is 7.55. The fraction of sp³-hybridized carbons (Fsp3) is 0.500. The van der Waals surface area contributed by atoms with E-state index in [0.29, 0.717) is 17.2 Å². The van der Waals surface area contributed by atoms with Crippen molar-refractivity contribution >= 4 is 28.8 Å². The zero-order valence-electron chi connectivity index (χ0n) is 16.7. The van der Waals surface area contributed by atoms with Gasteiger partial charge in [-0.05, 0) is 27.7 Å². The van der Waals surface area contributed by atoms with Gasteiger partial charge in [0.15, 0.2) is 11.2 Å². The average Bonchev–Trinajstić information content (AvgIpc) is 3.06. The number of hydrogen-bond acceptors (Lipinski definition) is 7. The summed E-state index contributed by atoms with van der Waals surface area (Å²) in [7, 11) is 1.57. The molecule has 0 radical (unpaired) electrons. The second kappa shape index (κ2) is 7.45. The lowest BCUT2D eigenvalue weighted by Crippen LogP contribution is -2.40. The number of anilines is 1. The quantitative estimate of drug-likeness (QED) is 0.554. The second-order valence-electron chi connectivity index (χ2n) is 6.56. The Hall–Kier alpha value is -3.17. The number of carbonyl (C=O) groups is 1. The Morgan fingerprint density at radius 2 is 2.04 bits per heavy atom. The molecule has 0 N–H and O–H groups in total. The molecule has 0 fully saturated rings. The number of fused-ring (bicyclic) bond motifs is 3. The Balaban J connectivity index is 2.27. The number of aryl methyl sites for hydroxylation is 1. The summed E-state index contributed by atoms with van der Waals surface area (Å²) in [5.74, 6) is -0.122. The average molecular weight is 388 g/mol. The van der Waals surface area contributed by atoms with Crippen LogP contribution >= 0.6 is 0 Å². The maximum absolute atomic E-state index is 13.1. The number of hydrazone groups is 1. The van der Waals surface area contributed by atoms with Crippen LogP contribution in [0.25, 0.3) is 11.2 Å². The molecule has 28 heavy (non-hydrogen) atoms. The van der Waals surface area contributed by atoms with Crippen LogP contribution in [0.2, 0.25) is 0 Å². The van der Waals surface area contributed by atoms with Crippen molar-refractivity contribution in [1.82, 2.24) is 18.7 Å². The van der Waals surface area contributed by atoms with Gasteiger partial charge in [-0.1, -0.05) is 12.2 Å². The molecule has 0 spiro atoms. The Bertz CT molecular complexity index is 1100. The van der Waals surface area contributed by atoms with Crippen LogP contribution in [-0.2, 0) is 23.1 Å². The molecule has 2 aromatic rings. The molecule has 10 nitrogen and oxygen atoms in total. The smallest absolute Gasteiger partial charge is 0.332 e. The first-order valence-electron chi connectivity index (χ1n) is 9.12. The monoisotopic (exact) mass is 388 g/mol. The van der Waals surface area contributed by atoms with Crippen LogP contribution in [0.5, 0.6) is 0 Å². The summed E-state index contributed by atoms with van der Waals surface area (Å²) in [5, 5.41) is 5.84. The van der Waals surface area contributed by atoms with E-state index in [1.54, 1.807) is 30.7 Å². The van der Waals surface area contributed by atoms with Crippen LogP contribution in [0, 0.1) is 0 Å². The van der Waals surface area contributed by atoms with E-state index < -0.39 is 17.2 Å². The highest BCUT2D eigenvalue weighted by Gasteiger charge is 2.31. The summed E-state index contributed by atoms with van der Waals surface area (Å²) in [6.07, 6.45) is 3.52. The van der Waals surface area contributed by atoms with Crippen molar-refractivity contribution in [2.45, 2.75) is 40.3 Å². The SMILES string of the molecule is C/C=C\Cn1c(=O)c2c(nc3n2[C@H](C)C(C)=NN3CC(=O)OCC)n(C)c1=O. The summed E-state index contributed by atoms with van der Waals surface area (Å²) in [6, 6.07) is -0.251. The van der Waals surface area contributed by atoms with E-state index in [1.165, 1.54) is 14.1 Å². The fourth-order valence-corrected chi connectivity index (χ4v) is 3.19. The summed E-state index contributed by atoms with van der Waals surface area (Å²) >= 11 is 0. The first-order valence-corrected chi connectivity index (χ1v) is 9.12. The third-order valence-electron chi connectivity index (χ3n) is 4.77. The minimum absolute atomic E-state index is 0.137. The van der Waals surface area contributed by atoms with Crippen LogP contribution < -0.4 is 16.3 Å². The number of rotatable bonds is 5. The topological polar surface area (TPSA) is 104 Å². The minimum atomic E-state index is -0.452. The maximum atomic E-state index is 13.1. The third-order valence-corrected chi connectivity index (χ3v) is 4.77. The molecule has 3 heterocycles. The Labute approximate surface area is 161 Å². The molecule has 1 aliphatic rings. The van der Waals surface area contributed by atoms with Crippen molar-refractivity contribution in [3.8, 4) is 0 Å². The highest BCUT2D eigenvalue weighted by Crippen LogP contribution is 2.29. The van der Waals surface area contributed by atoms with E-state index in [0.717, 1.165) is 0 Å². The number of aromatic nitrogens is 4. The normalized spacial score (nSPS) is 16.5. The zero-order chi connectivity index (χ0) is 20.6. The van der Waals surface area contributed by atoms with Crippen molar-refractivity contribution < 1.29 is 9.53 Å². The predicted molar refractivity (Wildman–Crippen MR) is 106 cm³/mol. The third kappa shape index (κ3) is 3.04. The number of nitrogens with zero attached hydrogens (tertiary/aromatic N) is 6. The first-order chi connectivity index (χ1) is 13.3. The van der Waals surface area contributed by atoms with Crippen molar-refractivity contribution in [2.75, 3.05) is 18.2 Å². The Morgan fingerprint density at radius 3 is 2.68 bits per heavy atom. The van der Waals surface area contributed by atoms with Crippen LogP contribution in [0.1, 0.15) is 33.7 Å². The van der Waals surface area contributed by atoms with Crippen LogP contribution in [0.3, 0.4) is 0 Å². The van der Waals surface area contributed by atoms with E-state index in [4.69, 9.17) is 4.74 Å². The molecule has 0 saturated heterocycles. The van der Waals surface area contributed by atoms with Gasteiger partial charge in [-0.15, -0.1) is 0 Å². The molecule has 0 aliphatic carbocycles. The Kier molecular flexibility index (Phi) is 5.21. The van der Waals surface area contributed by atoms with E-state index in [9.17, 15) is 14.4 Å². The van der Waals surface area contributed by atoms with Crippen LogP contribution in [0.4, 0.5) is 5.95 Å². The van der Waals surface area contributed by atoms with Gasteiger partial charge >= 0.3 is 11.7 Å². The van der Waals surface area contributed by atoms with E-state index in [1.807, 2.05) is 20.8 Å². The van der Waals surface area contributed by atoms with Gasteiger partial charge in [0, 0.05) is 13.6 Å². The second-order valence-corrected chi connectivity index (χ2v) is 6.56. The highest BCUT2D eigenvalue weighted by atomic mass is 16.5. The molecule has 10 heteroatoms. The molecule has 0 amide bonds. The van der Waals surface area contributed by atoms with Crippen molar-refractivity contribution in [1.29, 1.82) is 0 Å². The fourth-order valence-electron chi connectivity index (χ4n) is 3.19. The van der Waals surface area contributed by atoms with Crippen molar-refractivity contribution in [3.05, 3.63) is 33.0 Å². The number of allylic oxidation sites excluding steroid dienone is 2. The van der Waals surface area contributed by atoms with Gasteiger partial charge < -0.3 is 4.74 Å². The van der Waals surface area contributed by atoms with Crippen molar-refractivity contribution in [3.63, 3.8) is 0 Å². The number of carbonyl (C=O) groups excluding carboxylic acids is 1. The molecular weight excluding hydrogens is 364 g/mol. The zero-order valence-corrected chi connectivity index (χ0v) is 16.7. The number of ether oxygens (including phenoxy) is 1. The van der Waals surface area contributed by atoms with Gasteiger partial charge in [0.1, 0.15) is 6.54 Å². The molecule has 0 unspecified atom stereocenters. The van der Waals surface area contributed by atoms with Crippen LogP contribution in [-0.4, -0.2) is 43.5 Å². The summed E-state index contributed by atoms with van der Waals surface area (Å²) < 4.78 is 9.25. The maximum Gasteiger partial charge on any atom is 0.332 e. The van der Waals surface area contributed by atoms with E-state index >= 15 is 0 Å². The molecular formula is C18H24N6O4. The summed E-state index contributed by atoms with van der Waals surface area (Å²) in [5.41, 5.74) is 0.398. The molecule has 3 rings (SSSR count). The van der Waals surface area contributed by atoms with Gasteiger partial charge in [0.2, 0.25) is 5.95 Å². The molecule has 0 bridgehead atoms. The van der Waals surface area contributed by atoms with Gasteiger partial charge in [0.25, 0.3) is 5.56 Å². The summed E-state index contributed by atoms with van der Waals surface area (Å²) in [4.78, 5) is 42.2. The van der Waals surface area contributed by atoms with Crippen molar-refractivity contribution in [2.24, 2.45) is 12.1 Å². The number of imidazole rings is 1. The van der Waals surface area contributed by atoms with Gasteiger partial charge in [-0.3, -0.25) is 23.3 Å². The van der Waals surface area contributed by atoms with Crippen LogP contribution in [0.15, 0.2) is 26.8 Å². The molecule has 2 aromatic heterocycles. The molecule has 0 saturated carbocycles. The Morgan fingerprint density at radius 1 is 1.32 bits per heavy atom. The molecule has 150 valence electrons. The largest absolute Gasteiger partial charge is 0.465 e. The highest BCUT2D eigenvalue weighted by molar-refractivity contribution is 5.92. The molecule has 1 atom stereocenters.